The highest BCUT2D eigenvalue weighted by atomic mass is 79.9. The maximum absolute atomic E-state index is 8.68. The van der Waals surface area contributed by atoms with E-state index in [0.29, 0.717) is 11.6 Å². The molecule has 0 aromatic heterocycles. The van der Waals surface area contributed by atoms with E-state index in [4.69, 9.17) is 22.5 Å². The first kappa shape index (κ1) is 15.1. The number of nitrogens with one attached hydrogen (secondary N) is 1. The van der Waals surface area contributed by atoms with Crippen molar-refractivity contribution in [3.63, 3.8) is 0 Å². The van der Waals surface area contributed by atoms with E-state index >= 15 is 0 Å². The summed E-state index contributed by atoms with van der Waals surface area (Å²) < 4.78 is 0.914. The van der Waals surface area contributed by atoms with Crippen LogP contribution < -0.4 is 11.1 Å². The molecule has 100 valence electrons. The molecule has 0 radical (unpaired) electrons. The van der Waals surface area contributed by atoms with Crippen LogP contribution in [0.5, 0.6) is 0 Å². The Kier molecular flexibility index (Phi) is 5.28. The summed E-state index contributed by atoms with van der Waals surface area (Å²) in [5.74, 6) is 0.236. The van der Waals surface area contributed by atoms with Crippen molar-refractivity contribution in [2.24, 2.45) is 16.3 Å². The molecule has 4 N–H and O–H groups in total. The minimum absolute atomic E-state index is 0.236. The first-order chi connectivity index (χ1) is 8.36. The molecule has 0 fully saturated rings. The van der Waals surface area contributed by atoms with Crippen LogP contribution in [0.3, 0.4) is 0 Å². The Morgan fingerprint density at radius 3 is 2.78 bits per heavy atom. The maximum Gasteiger partial charge on any atom is 0.144 e. The molecule has 1 aromatic carbocycles. The second-order valence-corrected chi connectivity index (χ2v) is 5.96. The lowest BCUT2D eigenvalue weighted by Crippen LogP contribution is -2.33. The fraction of sp³-hybridized carbons (Fsp3) is 0.417. The van der Waals surface area contributed by atoms with Gasteiger partial charge < -0.3 is 16.3 Å². The van der Waals surface area contributed by atoms with Crippen LogP contribution >= 0.6 is 27.5 Å². The molecule has 6 heteroatoms. The van der Waals surface area contributed by atoms with E-state index < -0.39 is 0 Å². The molecule has 0 saturated carbocycles. The van der Waals surface area contributed by atoms with Crippen LogP contribution in [0.15, 0.2) is 27.8 Å². The molecule has 0 aliphatic rings. The van der Waals surface area contributed by atoms with E-state index in [2.05, 4.69) is 26.4 Å². The SMILES string of the molecule is CC(C)(CCNc1ccc(Cl)cc1Br)/C(N)=N/O. The lowest BCUT2D eigenvalue weighted by Gasteiger charge is -2.23. The summed E-state index contributed by atoms with van der Waals surface area (Å²) in [6.07, 6.45) is 0.748. The van der Waals surface area contributed by atoms with Crippen LogP contribution in [0.25, 0.3) is 0 Å². The third kappa shape index (κ3) is 4.07. The largest absolute Gasteiger partial charge is 0.409 e. The maximum atomic E-state index is 8.68. The fourth-order valence-corrected chi connectivity index (χ4v) is 2.23. The third-order valence-corrected chi connectivity index (χ3v) is 3.69. The zero-order valence-corrected chi connectivity index (χ0v) is 12.7. The molecule has 0 aliphatic carbocycles. The van der Waals surface area contributed by atoms with Crippen molar-refractivity contribution in [3.8, 4) is 0 Å². The molecule has 0 spiro atoms. The molecule has 0 atom stereocenters. The van der Waals surface area contributed by atoms with Crippen molar-refractivity contribution in [1.82, 2.24) is 0 Å². The molecule has 0 heterocycles. The van der Waals surface area contributed by atoms with Gasteiger partial charge in [-0.05, 0) is 40.5 Å². The van der Waals surface area contributed by atoms with Crippen molar-refractivity contribution in [2.75, 3.05) is 11.9 Å². The molecular weight excluding hydrogens is 318 g/mol. The van der Waals surface area contributed by atoms with Gasteiger partial charge in [0, 0.05) is 27.1 Å². The van der Waals surface area contributed by atoms with Crippen molar-refractivity contribution in [2.45, 2.75) is 20.3 Å². The second-order valence-electron chi connectivity index (χ2n) is 4.67. The van der Waals surface area contributed by atoms with Crippen molar-refractivity contribution in [3.05, 3.63) is 27.7 Å². The van der Waals surface area contributed by atoms with Crippen LogP contribution in [0.1, 0.15) is 20.3 Å². The van der Waals surface area contributed by atoms with Gasteiger partial charge in [0.1, 0.15) is 5.84 Å². The van der Waals surface area contributed by atoms with E-state index in [0.717, 1.165) is 16.6 Å². The number of anilines is 1. The van der Waals surface area contributed by atoms with Crippen LogP contribution in [0.4, 0.5) is 5.69 Å². The van der Waals surface area contributed by atoms with Gasteiger partial charge in [-0.1, -0.05) is 30.6 Å². The average Bonchev–Trinajstić information content (AvgIpc) is 2.30. The number of amidine groups is 1. The van der Waals surface area contributed by atoms with Gasteiger partial charge in [0.05, 0.1) is 0 Å². The van der Waals surface area contributed by atoms with E-state index in [1.54, 1.807) is 0 Å². The van der Waals surface area contributed by atoms with Gasteiger partial charge in [-0.15, -0.1) is 0 Å². The topological polar surface area (TPSA) is 70.6 Å². The van der Waals surface area contributed by atoms with Gasteiger partial charge in [-0.3, -0.25) is 0 Å². The van der Waals surface area contributed by atoms with Crippen molar-refractivity contribution < 1.29 is 5.21 Å². The number of nitrogens with zero attached hydrogens (tertiary/aromatic N) is 1. The molecule has 0 unspecified atom stereocenters. The molecule has 4 nitrogen and oxygen atoms in total. The van der Waals surface area contributed by atoms with Gasteiger partial charge >= 0.3 is 0 Å². The quantitative estimate of drug-likeness (QED) is 0.333. The number of benzene rings is 1. The number of rotatable bonds is 5. The summed E-state index contributed by atoms with van der Waals surface area (Å²) >= 11 is 9.30. The molecule has 0 saturated heterocycles. The first-order valence-corrected chi connectivity index (χ1v) is 6.71. The van der Waals surface area contributed by atoms with Crippen molar-refractivity contribution in [1.29, 1.82) is 0 Å². The summed E-state index contributed by atoms with van der Waals surface area (Å²) in [4.78, 5) is 0. The molecule has 0 amide bonds. The second kappa shape index (κ2) is 6.29. The van der Waals surface area contributed by atoms with Crippen LogP contribution in [0, 0.1) is 5.41 Å². The molecular formula is C12H17BrClN3O. The van der Waals surface area contributed by atoms with E-state index in [1.807, 2.05) is 32.0 Å². The Labute approximate surface area is 120 Å². The van der Waals surface area contributed by atoms with Gasteiger partial charge in [0.15, 0.2) is 0 Å². The highest BCUT2D eigenvalue weighted by molar-refractivity contribution is 9.10. The van der Waals surface area contributed by atoms with Gasteiger partial charge in [0.25, 0.3) is 0 Å². The molecule has 0 bridgehead atoms. The Balaban J connectivity index is 2.57. The predicted molar refractivity (Wildman–Crippen MR) is 79.4 cm³/mol. The summed E-state index contributed by atoms with van der Waals surface area (Å²) in [7, 11) is 0. The highest BCUT2D eigenvalue weighted by Gasteiger charge is 2.22. The smallest absolute Gasteiger partial charge is 0.144 e. The molecule has 18 heavy (non-hydrogen) atoms. The van der Waals surface area contributed by atoms with E-state index in [-0.39, 0.29) is 11.3 Å². The molecule has 0 aliphatic heterocycles. The molecule has 1 aromatic rings. The van der Waals surface area contributed by atoms with Crippen molar-refractivity contribution >= 4 is 39.1 Å². The average molecular weight is 335 g/mol. The summed E-state index contributed by atoms with van der Waals surface area (Å²) in [6.45, 7) is 4.57. The Hall–Kier alpha value is -0.940. The summed E-state index contributed by atoms with van der Waals surface area (Å²) in [5, 5.41) is 15.7. The predicted octanol–water partition coefficient (Wildman–Crippen LogP) is 3.68. The van der Waals surface area contributed by atoms with E-state index in [1.165, 1.54) is 0 Å². The van der Waals surface area contributed by atoms with Crippen LogP contribution in [0.2, 0.25) is 5.02 Å². The first-order valence-electron chi connectivity index (χ1n) is 5.54. The zero-order valence-electron chi connectivity index (χ0n) is 10.4. The lowest BCUT2D eigenvalue weighted by molar-refractivity contribution is 0.306. The third-order valence-electron chi connectivity index (χ3n) is 2.80. The number of hydrogen-bond donors (Lipinski definition) is 3. The standard InChI is InChI=1S/C12H17BrClN3O/c1-12(2,11(15)17-18)5-6-16-10-4-3-8(14)7-9(10)13/h3-4,7,16,18H,5-6H2,1-2H3,(H2,15,17). The van der Waals surface area contributed by atoms with Gasteiger partial charge in [-0.25, -0.2) is 0 Å². The monoisotopic (exact) mass is 333 g/mol. The normalized spacial score (nSPS) is 12.6. The van der Waals surface area contributed by atoms with Gasteiger partial charge in [-0.2, -0.15) is 0 Å². The minimum atomic E-state index is -0.347. The number of hydrogen-bond acceptors (Lipinski definition) is 3. The van der Waals surface area contributed by atoms with Crippen LogP contribution in [-0.2, 0) is 0 Å². The minimum Gasteiger partial charge on any atom is -0.409 e. The Morgan fingerprint density at radius 2 is 2.22 bits per heavy atom. The number of oxime groups is 1. The molecule has 1 rings (SSSR count). The Morgan fingerprint density at radius 1 is 1.56 bits per heavy atom. The summed E-state index contributed by atoms with van der Waals surface area (Å²) in [5.41, 5.74) is 6.25. The Bertz CT molecular complexity index is 449. The zero-order chi connectivity index (χ0) is 13.8. The number of nitrogens with two attached hydrogens (primary N) is 1. The summed E-state index contributed by atoms with van der Waals surface area (Å²) in [6, 6.07) is 5.56. The van der Waals surface area contributed by atoms with Crippen LogP contribution in [-0.4, -0.2) is 17.6 Å². The highest BCUT2D eigenvalue weighted by Crippen LogP contribution is 2.27. The van der Waals surface area contributed by atoms with Gasteiger partial charge in [0.2, 0.25) is 0 Å². The number of halogens is 2. The lowest BCUT2D eigenvalue weighted by atomic mass is 9.88. The fourth-order valence-electron chi connectivity index (χ4n) is 1.41. The van der Waals surface area contributed by atoms with E-state index in [9.17, 15) is 0 Å².